The van der Waals surface area contributed by atoms with E-state index in [2.05, 4.69) is 30.0 Å². The molecule has 7 heteroatoms. The van der Waals surface area contributed by atoms with Crippen molar-refractivity contribution >= 4 is 32.7 Å². The fourth-order valence-corrected chi connectivity index (χ4v) is 3.77. The normalized spacial score (nSPS) is 11.6. The first-order chi connectivity index (χ1) is 9.83. The summed E-state index contributed by atoms with van der Waals surface area (Å²) < 4.78 is 25.7. The first kappa shape index (κ1) is 15.8. The van der Waals surface area contributed by atoms with Gasteiger partial charge >= 0.3 is 0 Å². The van der Waals surface area contributed by atoms with Crippen LogP contribution in [0.15, 0.2) is 29.2 Å². The summed E-state index contributed by atoms with van der Waals surface area (Å²) in [5, 5.41) is 3.25. The topological polar surface area (TPSA) is 84.2 Å². The molecule has 114 valence electrons. The quantitative estimate of drug-likeness (QED) is 0.737. The maximum absolute atomic E-state index is 11.7. The minimum absolute atomic E-state index is 0.0957. The van der Waals surface area contributed by atoms with E-state index in [9.17, 15) is 8.42 Å². The van der Waals surface area contributed by atoms with E-state index in [4.69, 9.17) is 5.73 Å². The zero-order chi connectivity index (χ0) is 15.6. The van der Waals surface area contributed by atoms with Gasteiger partial charge in [0.1, 0.15) is 4.90 Å². The number of nitrogens with two attached hydrogens (primary N) is 1. The number of hydrogen-bond acceptors (Lipinski definition) is 5. The van der Waals surface area contributed by atoms with Gasteiger partial charge in [0.15, 0.2) is 0 Å². The summed E-state index contributed by atoms with van der Waals surface area (Å²) >= 11 is 1.75. The molecule has 0 radical (unpaired) electrons. The molecular formula is C14H19N3O2S2. The Hall–Kier alpha value is -1.57. The van der Waals surface area contributed by atoms with Gasteiger partial charge < -0.3 is 11.1 Å². The molecule has 1 aromatic heterocycles. The van der Waals surface area contributed by atoms with Crippen molar-refractivity contribution in [2.75, 3.05) is 18.1 Å². The highest BCUT2D eigenvalue weighted by Gasteiger charge is 2.15. The van der Waals surface area contributed by atoms with E-state index in [1.54, 1.807) is 23.5 Å². The second kappa shape index (κ2) is 6.05. The smallest absolute Gasteiger partial charge is 0.242 e. The number of anilines is 2. The van der Waals surface area contributed by atoms with Gasteiger partial charge in [-0.05, 0) is 50.7 Å². The molecule has 1 heterocycles. The van der Waals surface area contributed by atoms with Gasteiger partial charge in [-0.2, -0.15) is 0 Å². The summed E-state index contributed by atoms with van der Waals surface area (Å²) in [4.78, 5) is 2.63. The highest BCUT2D eigenvalue weighted by molar-refractivity contribution is 7.89. The second-order valence-corrected chi connectivity index (χ2v) is 7.96. The fraction of sp³-hybridized carbons (Fsp3) is 0.286. The predicted molar refractivity (Wildman–Crippen MR) is 88.2 cm³/mol. The van der Waals surface area contributed by atoms with Crippen molar-refractivity contribution in [1.29, 1.82) is 0 Å². The Bertz CT molecular complexity index is 732. The molecule has 5 nitrogen and oxygen atoms in total. The van der Waals surface area contributed by atoms with Gasteiger partial charge in [-0.15, -0.1) is 11.3 Å². The Morgan fingerprint density at radius 1 is 1.24 bits per heavy atom. The molecule has 0 saturated carbocycles. The van der Waals surface area contributed by atoms with E-state index >= 15 is 0 Å². The van der Waals surface area contributed by atoms with Crippen LogP contribution in [0.3, 0.4) is 0 Å². The van der Waals surface area contributed by atoms with E-state index in [0.717, 1.165) is 5.69 Å². The van der Waals surface area contributed by atoms with Crippen molar-refractivity contribution in [2.45, 2.75) is 25.3 Å². The zero-order valence-electron chi connectivity index (χ0n) is 12.2. The SMILES string of the molecule is CNS(=O)(=O)c1ccc(NCc2cc(C)c(C)s2)cc1N. The van der Waals surface area contributed by atoms with Gasteiger partial charge in [-0.1, -0.05) is 0 Å². The highest BCUT2D eigenvalue weighted by Crippen LogP contribution is 2.24. The largest absolute Gasteiger partial charge is 0.398 e. The summed E-state index contributed by atoms with van der Waals surface area (Å²) in [7, 11) is -2.15. The standard InChI is InChI=1S/C14H19N3O2S2/c1-9-6-12(20-10(9)2)8-17-11-4-5-14(13(15)7-11)21(18,19)16-3/h4-7,16-17H,8,15H2,1-3H3. The highest BCUT2D eigenvalue weighted by atomic mass is 32.2. The summed E-state index contributed by atoms with van der Waals surface area (Å²) in [6, 6.07) is 7.01. The summed E-state index contributed by atoms with van der Waals surface area (Å²) in [6.45, 7) is 4.88. The molecule has 2 aromatic rings. The monoisotopic (exact) mass is 325 g/mol. The lowest BCUT2D eigenvalue weighted by Crippen LogP contribution is -2.19. The molecule has 0 saturated heterocycles. The van der Waals surface area contributed by atoms with Gasteiger partial charge in [-0.25, -0.2) is 13.1 Å². The maximum Gasteiger partial charge on any atom is 0.242 e. The van der Waals surface area contributed by atoms with Crippen LogP contribution in [0.1, 0.15) is 15.3 Å². The number of hydrogen-bond donors (Lipinski definition) is 3. The average molecular weight is 325 g/mol. The van der Waals surface area contributed by atoms with Crippen LogP contribution in [0.4, 0.5) is 11.4 Å². The predicted octanol–water partition coefficient (Wildman–Crippen LogP) is 2.47. The molecule has 0 bridgehead atoms. The molecule has 0 unspecified atom stereocenters. The fourth-order valence-electron chi connectivity index (χ4n) is 1.94. The molecular weight excluding hydrogens is 306 g/mol. The van der Waals surface area contributed by atoms with Gasteiger partial charge in [0, 0.05) is 22.0 Å². The first-order valence-corrected chi connectivity index (χ1v) is 8.76. The third-order valence-corrected chi connectivity index (χ3v) is 5.89. The van der Waals surface area contributed by atoms with Gasteiger partial charge in [0.05, 0.1) is 5.69 Å². The number of nitrogens with one attached hydrogen (secondary N) is 2. The van der Waals surface area contributed by atoms with Crippen LogP contribution in [0, 0.1) is 13.8 Å². The molecule has 0 aliphatic heterocycles. The Labute approximate surface area is 129 Å². The van der Waals surface area contributed by atoms with Gasteiger partial charge in [0.2, 0.25) is 10.0 Å². The third kappa shape index (κ3) is 3.55. The zero-order valence-corrected chi connectivity index (χ0v) is 13.9. The van der Waals surface area contributed by atoms with E-state index in [1.807, 2.05) is 0 Å². The summed E-state index contributed by atoms with van der Waals surface area (Å²) in [5.41, 5.74) is 8.13. The maximum atomic E-state index is 11.7. The molecule has 0 amide bonds. The van der Waals surface area contributed by atoms with Crippen molar-refractivity contribution in [3.05, 3.63) is 39.6 Å². The minimum atomic E-state index is -3.52. The van der Waals surface area contributed by atoms with Crippen molar-refractivity contribution in [1.82, 2.24) is 4.72 Å². The van der Waals surface area contributed by atoms with E-state index in [0.29, 0.717) is 6.54 Å². The van der Waals surface area contributed by atoms with E-state index in [1.165, 1.54) is 28.4 Å². The second-order valence-electron chi connectivity index (χ2n) is 4.77. The molecule has 0 aliphatic carbocycles. The molecule has 21 heavy (non-hydrogen) atoms. The Morgan fingerprint density at radius 3 is 2.48 bits per heavy atom. The number of aryl methyl sites for hydroxylation is 2. The first-order valence-electron chi connectivity index (χ1n) is 6.46. The van der Waals surface area contributed by atoms with Crippen molar-refractivity contribution in [3.8, 4) is 0 Å². The average Bonchev–Trinajstić information content (AvgIpc) is 2.75. The number of rotatable bonds is 5. The Balaban J connectivity index is 2.14. The third-order valence-electron chi connectivity index (χ3n) is 3.25. The number of sulfonamides is 1. The van der Waals surface area contributed by atoms with Crippen LogP contribution >= 0.6 is 11.3 Å². The lowest BCUT2D eigenvalue weighted by Gasteiger charge is -2.10. The van der Waals surface area contributed by atoms with E-state index in [-0.39, 0.29) is 10.6 Å². The summed E-state index contributed by atoms with van der Waals surface area (Å²) in [5.74, 6) is 0. The van der Waals surface area contributed by atoms with Gasteiger partial charge in [0.25, 0.3) is 0 Å². The van der Waals surface area contributed by atoms with Crippen molar-refractivity contribution in [3.63, 3.8) is 0 Å². The summed E-state index contributed by atoms with van der Waals surface area (Å²) in [6.07, 6.45) is 0. The molecule has 2 rings (SSSR count). The van der Waals surface area contributed by atoms with Crippen LogP contribution in [0.2, 0.25) is 0 Å². The number of thiophene rings is 1. The van der Waals surface area contributed by atoms with Crippen LogP contribution in [0.5, 0.6) is 0 Å². The molecule has 4 N–H and O–H groups in total. The number of benzene rings is 1. The lowest BCUT2D eigenvalue weighted by molar-refractivity contribution is 0.588. The number of nitrogen functional groups attached to an aromatic ring is 1. The Morgan fingerprint density at radius 2 is 1.95 bits per heavy atom. The van der Waals surface area contributed by atoms with Gasteiger partial charge in [-0.3, -0.25) is 0 Å². The van der Waals surface area contributed by atoms with Crippen LogP contribution in [-0.4, -0.2) is 15.5 Å². The molecule has 0 atom stereocenters. The molecule has 0 aliphatic rings. The molecule has 0 fully saturated rings. The Kier molecular flexibility index (Phi) is 4.55. The minimum Gasteiger partial charge on any atom is -0.398 e. The lowest BCUT2D eigenvalue weighted by atomic mass is 10.2. The molecule has 0 spiro atoms. The van der Waals surface area contributed by atoms with Crippen molar-refractivity contribution in [2.24, 2.45) is 0 Å². The molecule has 1 aromatic carbocycles. The van der Waals surface area contributed by atoms with E-state index < -0.39 is 10.0 Å². The van der Waals surface area contributed by atoms with Crippen LogP contribution in [0.25, 0.3) is 0 Å². The van der Waals surface area contributed by atoms with Crippen LogP contribution < -0.4 is 15.8 Å². The van der Waals surface area contributed by atoms with Crippen molar-refractivity contribution < 1.29 is 8.42 Å². The van der Waals surface area contributed by atoms with Crippen LogP contribution in [-0.2, 0) is 16.6 Å².